The quantitative estimate of drug-likeness (QED) is 0.412. The van der Waals surface area contributed by atoms with Crippen molar-refractivity contribution < 1.29 is 4.79 Å². The molecule has 5 rings (SSSR count). The van der Waals surface area contributed by atoms with E-state index in [9.17, 15) is 4.79 Å². The molecule has 0 N–H and O–H groups in total. The SMILES string of the molecule is O=C(N1CCC=C[C@H]1Cc1ccccc1)n1cc(-c2ccc(-c3ccccc3)cc2)nn1. The normalized spacial score (nSPS) is 15.6. The van der Waals surface area contributed by atoms with Crippen LogP contribution in [0.1, 0.15) is 12.0 Å². The van der Waals surface area contributed by atoms with Gasteiger partial charge in [-0.3, -0.25) is 0 Å². The Morgan fingerprint density at radius 3 is 2.25 bits per heavy atom. The Kier molecular flexibility index (Phi) is 5.62. The fourth-order valence-corrected chi connectivity index (χ4v) is 4.09. The van der Waals surface area contributed by atoms with Gasteiger partial charge in [-0.15, -0.1) is 5.10 Å². The molecule has 5 heteroatoms. The largest absolute Gasteiger partial charge is 0.346 e. The van der Waals surface area contributed by atoms with Gasteiger partial charge in [0.2, 0.25) is 0 Å². The number of rotatable bonds is 4. The fraction of sp³-hybridized carbons (Fsp3) is 0.148. The fourth-order valence-electron chi connectivity index (χ4n) is 4.09. The summed E-state index contributed by atoms with van der Waals surface area (Å²) in [7, 11) is 0. The van der Waals surface area contributed by atoms with Crippen molar-refractivity contribution >= 4 is 6.03 Å². The number of aromatic nitrogens is 3. The molecule has 3 aromatic carbocycles. The first-order chi connectivity index (χ1) is 15.8. The third-order valence-electron chi connectivity index (χ3n) is 5.81. The molecule has 1 amide bonds. The van der Waals surface area contributed by atoms with Crippen molar-refractivity contribution in [3.8, 4) is 22.4 Å². The van der Waals surface area contributed by atoms with Crippen molar-refractivity contribution in [3.63, 3.8) is 0 Å². The van der Waals surface area contributed by atoms with E-state index in [1.54, 1.807) is 6.20 Å². The van der Waals surface area contributed by atoms with Crippen molar-refractivity contribution in [3.05, 3.63) is 109 Å². The lowest BCUT2D eigenvalue weighted by atomic mass is 10.0. The molecule has 0 fully saturated rings. The van der Waals surface area contributed by atoms with Crippen LogP contribution in [0.25, 0.3) is 22.4 Å². The zero-order chi connectivity index (χ0) is 21.8. The van der Waals surface area contributed by atoms with Gasteiger partial charge in [0.1, 0.15) is 5.69 Å². The molecule has 5 nitrogen and oxygen atoms in total. The molecule has 0 saturated heterocycles. The molecule has 1 atom stereocenters. The number of carbonyl (C=O) groups is 1. The van der Waals surface area contributed by atoms with Crippen molar-refractivity contribution in [2.45, 2.75) is 18.9 Å². The second-order valence-corrected chi connectivity index (χ2v) is 7.94. The summed E-state index contributed by atoms with van der Waals surface area (Å²) in [5.41, 5.74) is 5.13. The summed E-state index contributed by atoms with van der Waals surface area (Å²) >= 11 is 0. The first-order valence-corrected chi connectivity index (χ1v) is 10.9. The van der Waals surface area contributed by atoms with Crippen LogP contribution in [0.2, 0.25) is 0 Å². The van der Waals surface area contributed by atoms with Crippen LogP contribution >= 0.6 is 0 Å². The average Bonchev–Trinajstić information content (AvgIpc) is 3.36. The van der Waals surface area contributed by atoms with Gasteiger partial charge in [0.05, 0.1) is 12.2 Å². The molecule has 32 heavy (non-hydrogen) atoms. The highest BCUT2D eigenvalue weighted by molar-refractivity contribution is 5.78. The molecule has 1 aliphatic heterocycles. The molecule has 1 aliphatic rings. The Morgan fingerprint density at radius 1 is 0.844 bits per heavy atom. The molecular formula is C27H24N4O. The Balaban J connectivity index is 1.33. The molecule has 0 unspecified atom stereocenters. The maximum Gasteiger partial charge on any atom is 0.346 e. The number of nitrogens with zero attached hydrogens (tertiary/aromatic N) is 4. The van der Waals surface area contributed by atoms with E-state index in [0.717, 1.165) is 24.0 Å². The summed E-state index contributed by atoms with van der Waals surface area (Å²) in [5.74, 6) is 0. The lowest BCUT2D eigenvalue weighted by Crippen LogP contribution is -2.45. The predicted molar refractivity (Wildman–Crippen MR) is 126 cm³/mol. The van der Waals surface area contributed by atoms with E-state index in [1.807, 2.05) is 53.4 Å². The molecular weight excluding hydrogens is 396 g/mol. The third-order valence-corrected chi connectivity index (χ3v) is 5.81. The Hall–Kier alpha value is -3.99. The van der Waals surface area contributed by atoms with Crippen molar-refractivity contribution in [1.82, 2.24) is 19.9 Å². The monoisotopic (exact) mass is 420 g/mol. The van der Waals surface area contributed by atoms with Gasteiger partial charge in [-0.2, -0.15) is 4.68 Å². The average molecular weight is 421 g/mol. The van der Waals surface area contributed by atoms with E-state index in [2.05, 4.69) is 58.9 Å². The molecule has 4 aromatic rings. The van der Waals surface area contributed by atoms with Crippen LogP contribution in [0.5, 0.6) is 0 Å². The van der Waals surface area contributed by atoms with Gasteiger partial charge in [-0.05, 0) is 29.5 Å². The first kappa shape index (κ1) is 19.9. The summed E-state index contributed by atoms with van der Waals surface area (Å²) < 4.78 is 1.36. The topological polar surface area (TPSA) is 51.0 Å². The van der Waals surface area contributed by atoms with E-state index in [0.29, 0.717) is 12.2 Å². The smallest absolute Gasteiger partial charge is 0.316 e. The Bertz CT molecular complexity index is 1210. The molecule has 0 radical (unpaired) electrons. The van der Waals surface area contributed by atoms with E-state index >= 15 is 0 Å². The number of carbonyl (C=O) groups excluding carboxylic acids is 1. The zero-order valence-electron chi connectivity index (χ0n) is 17.7. The first-order valence-electron chi connectivity index (χ1n) is 10.9. The Morgan fingerprint density at radius 2 is 1.50 bits per heavy atom. The standard InChI is InChI=1S/C27H24N4O/c32-27(30-18-8-7-13-25(30)19-21-9-3-1-4-10-21)31-20-26(28-29-31)24-16-14-23(15-17-24)22-11-5-2-6-12-22/h1-7,9-17,20,25H,8,18-19H2/t25-/m0/s1. The van der Waals surface area contributed by atoms with Crippen molar-refractivity contribution in [2.24, 2.45) is 0 Å². The minimum Gasteiger partial charge on any atom is -0.316 e. The van der Waals surface area contributed by atoms with Gasteiger partial charge in [0.25, 0.3) is 0 Å². The number of hydrogen-bond acceptors (Lipinski definition) is 3. The summed E-state index contributed by atoms with van der Waals surface area (Å²) in [6.45, 7) is 0.674. The number of hydrogen-bond donors (Lipinski definition) is 0. The summed E-state index contributed by atoms with van der Waals surface area (Å²) in [6, 6.07) is 28.5. The van der Waals surface area contributed by atoms with E-state index in [4.69, 9.17) is 0 Å². The van der Waals surface area contributed by atoms with Crippen LogP contribution in [0.15, 0.2) is 103 Å². The van der Waals surface area contributed by atoms with Crippen LogP contribution < -0.4 is 0 Å². The number of benzene rings is 3. The highest BCUT2D eigenvalue weighted by atomic mass is 16.2. The molecule has 2 heterocycles. The van der Waals surface area contributed by atoms with Crippen LogP contribution in [0.3, 0.4) is 0 Å². The van der Waals surface area contributed by atoms with Crippen LogP contribution in [0.4, 0.5) is 4.79 Å². The lowest BCUT2D eigenvalue weighted by molar-refractivity contribution is 0.181. The molecule has 0 saturated carbocycles. The Labute approximate surface area is 187 Å². The second kappa shape index (κ2) is 9.02. The van der Waals surface area contributed by atoms with Crippen molar-refractivity contribution in [1.29, 1.82) is 0 Å². The molecule has 158 valence electrons. The maximum atomic E-state index is 13.2. The minimum atomic E-state index is -0.144. The predicted octanol–water partition coefficient (Wildman–Crippen LogP) is 5.45. The van der Waals surface area contributed by atoms with E-state index in [1.165, 1.54) is 15.8 Å². The van der Waals surface area contributed by atoms with Gasteiger partial charge in [0, 0.05) is 12.1 Å². The highest BCUT2D eigenvalue weighted by Crippen LogP contribution is 2.24. The molecule has 0 spiro atoms. The highest BCUT2D eigenvalue weighted by Gasteiger charge is 2.26. The van der Waals surface area contributed by atoms with Gasteiger partial charge < -0.3 is 4.90 Å². The molecule has 1 aromatic heterocycles. The van der Waals surface area contributed by atoms with Crippen molar-refractivity contribution in [2.75, 3.05) is 6.54 Å². The van der Waals surface area contributed by atoms with Gasteiger partial charge >= 0.3 is 6.03 Å². The summed E-state index contributed by atoms with van der Waals surface area (Å²) in [6.07, 6.45) is 7.62. The van der Waals surface area contributed by atoms with Gasteiger partial charge in [0.15, 0.2) is 0 Å². The van der Waals surface area contributed by atoms with Crippen LogP contribution in [-0.4, -0.2) is 38.5 Å². The van der Waals surface area contributed by atoms with Gasteiger partial charge in [-0.25, -0.2) is 4.79 Å². The minimum absolute atomic E-state index is 0.0106. The third kappa shape index (κ3) is 4.23. The lowest BCUT2D eigenvalue weighted by Gasteiger charge is -2.31. The summed E-state index contributed by atoms with van der Waals surface area (Å²) in [4.78, 5) is 15.1. The molecule has 0 bridgehead atoms. The van der Waals surface area contributed by atoms with Crippen LogP contribution in [0, 0.1) is 0 Å². The van der Waals surface area contributed by atoms with Crippen LogP contribution in [-0.2, 0) is 6.42 Å². The molecule has 0 aliphatic carbocycles. The summed E-state index contributed by atoms with van der Waals surface area (Å²) in [5, 5.41) is 8.40. The maximum absolute atomic E-state index is 13.2. The second-order valence-electron chi connectivity index (χ2n) is 7.94. The number of amides is 1. The zero-order valence-corrected chi connectivity index (χ0v) is 17.7. The van der Waals surface area contributed by atoms with E-state index < -0.39 is 0 Å². The van der Waals surface area contributed by atoms with Gasteiger partial charge in [-0.1, -0.05) is 102 Å². The van der Waals surface area contributed by atoms with E-state index in [-0.39, 0.29) is 12.1 Å².